The SMILES string of the molecule is C/C=C/CCNC(C)c1cnn(C)c1C. The standard InChI is InChI=1S/C12H21N3/c1-5-6-7-8-13-10(2)12-9-14-15(4)11(12)3/h5-6,9-10,13H,7-8H2,1-4H3/b6-5+. The second-order valence-corrected chi connectivity index (χ2v) is 3.84. The Hall–Kier alpha value is -1.09. The molecule has 1 unspecified atom stereocenters. The normalized spacial score (nSPS) is 13.6. The van der Waals surface area contributed by atoms with E-state index in [-0.39, 0.29) is 0 Å². The molecule has 1 aromatic rings. The minimum absolute atomic E-state index is 0.379. The molecule has 0 bridgehead atoms. The summed E-state index contributed by atoms with van der Waals surface area (Å²) in [5.74, 6) is 0. The Labute approximate surface area is 92.2 Å². The van der Waals surface area contributed by atoms with Crippen LogP contribution >= 0.6 is 0 Å². The topological polar surface area (TPSA) is 29.9 Å². The summed E-state index contributed by atoms with van der Waals surface area (Å²) in [4.78, 5) is 0. The highest BCUT2D eigenvalue weighted by Crippen LogP contribution is 2.15. The first kappa shape index (κ1) is 12.0. The van der Waals surface area contributed by atoms with Crippen LogP contribution in [-0.2, 0) is 7.05 Å². The average Bonchev–Trinajstić information content (AvgIpc) is 2.55. The maximum atomic E-state index is 4.24. The van der Waals surface area contributed by atoms with E-state index >= 15 is 0 Å². The van der Waals surface area contributed by atoms with Gasteiger partial charge in [-0.15, -0.1) is 0 Å². The molecule has 1 atom stereocenters. The fourth-order valence-electron chi connectivity index (χ4n) is 1.60. The lowest BCUT2D eigenvalue weighted by atomic mass is 10.1. The first-order chi connectivity index (χ1) is 7.16. The lowest BCUT2D eigenvalue weighted by molar-refractivity contribution is 0.577. The molecule has 1 heterocycles. The van der Waals surface area contributed by atoms with Gasteiger partial charge < -0.3 is 5.32 Å². The molecule has 0 spiro atoms. The van der Waals surface area contributed by atoms with E-state index in [0.717, 1.165) is 13.0 Å². The molecule has 0 amide bonds. The smallest absolute Gasteiger partial charge is 0.0540 e. The molecule has 0 saturated heterocycles. The number of aromatic nitrogens is 2. The molecule has 3 heteroatoms. The van der Waals surface area contributed by atoms with Gasteiger partial charge in [0.2, 0.25) is 0 Å². The van der Waals surface area contributed by atoms with Crippen LogP contribution in [0.2, 0.25) is 0 Å². The summed E-state index contributed by atoms with van der Waals surface area (Å²) >= 11 is 0. The molecule has 0 radical (unpaired) electrons. The van der Waals surface area contributed by atoms with Gasteiger partial charge in [-0.2, -0.15) is 5.10 Å². The molecular weight excluding hydrogens is 186 g/mol. The third kappa shape index (κ3) is 3.20. The molecule has 0 fully saturated rings. The summed E-state index contributed by atoms with van der Waals surface area (Å²) in [7, 11) is 1.98. The Kier molecular flexibility index (Phi) is 4.56. The van der Waals surface area contributed by atoms with E-state index in [9.17, 15) is 0 Å². The number of rotatable bonds is 5. The fraction of sp³-hybridized carbons (Fsp3) is 0.583. The second kappa shape index (κ2) is 5.71. The number of hydrogen-bond donors (Lipinski definition) is 1. The number of aryl methyl sites for hydroxylation is 1. The van der Waals surface area contributed by atoms with Crippen LogP contribution in [0.1, 0.15) is 37.6 Å². The summed E-state index contributed by atoms with van der Waals surface area (Å²) in [5.41, 5.74) is 2.53. The minimum atomic E-state index is 0.379. The zero-order chi connectivity index (χ0) is 11.3. The van der Waals surface area contributed by atoms with Gasteiger partial charge in [0.25, 0.3) is 0 Å². The molecule has 15 heavy (non-hydrogen) atoms. The van der Waals surface area contributed by atoms with Gasteiger partial charge in [-0.3, -0.25) is 4.68 Å². The minimum Gasteiger partial charge on any atom is -0.310 e. The van der Waals surface area contributed by atoms with Crippen molar-refractivity contribution in [3.63, 3.8) is 0 Å². The van der Waals surface area contributed by atoms with Gasteiger partial charge in [0.15, 0.2) is 0 Å². The van der Waals surface area contributed by atoms with Crippen molar-refractivity contribution in [3.8, 4) is 0 Å². The van der Waals surface area contributed by atoms with Gasteiger partial charge in [0.1, 0.15) is 0 Å². The van der Waals surface area contributed by atoms with Crippen LogP contribution in [0.3, 0.4) is 0 Å². The van der Waals surface area contributed by atoms with Crippen molar-refractivity contribution in [2.24, 2.45) is 7.05 Å². The van der Waals surface area contributed by atoms with Crippen LogP contribution in [0.4, 0.5) is 0 Å². The summed E-state index contributed by atoms with van der Waals surface area (Å²) in [6, 6.07) is 0.379. The van der Waals surface area contributed by atoms with Crippen LogP contribution in [-0.4, -0.2) is 16.3 Å². The lowest BCUT2D eigenvalue weighted by Gasteiger charge is -2.12. The Morgan fingerprint density at radius 1 is 1.60 bits per heavy atom. The van der Waals surface area contributed by atoms with E-state index in [0.29, 0.717) is 6.04 Å². The maximum absolute atomic E-state index is 4.24. The number of nitrogens with one attached hydrogen (secondary N) is 1. The highest BCUT2D eigenvalue weighted by molar-refractivity contribution is 5.19. The summed E-state index contributed by atoms with van der Waals surface area (Å²) in [6.07, 6.45) is 7.29. The van der Waals surface area contributed by atoms with Crippen molar-refractivity contribution in [3.05, 3.63) is 29.6 Å². The summed E-state index contributed by atoms with van der Waals surface area (Å²) in [6.45, 7) is 7.35. The Balaban J connectivity index is 2.46. The predicted molar refractivity (Wildman–Crippen MR) is 63.8 cm³/mol. The van der Waals surface area contributed by atoms with Crippen molar-refractivity contribution in [1.29, 1.82) is 0 Å². The van der Waals surface area contributed by atoms with Gasteiger partial charge >= 0.3 is 0 Å². The molecule has 0 aliphatic heterocycles. The van der Waals surface area contributed by atoms with Crippen molar-refractivity contribution in [1.82, 2.24) is 15.1 Å². The third-order valence-corrected chi connectivity index (χ3v) is 2.74. The van der Waals surface area contributed by atoms with E-state index in [1.54, 1.807) is 0 Å². The quantitative estimate of drug-likeness (QED) is 0.593. The zero-order valence-electron chi connectivity index (χ0n) is 10.1. The molecule has 0 aliphatic rings. The van der Waals surface area contributed by atoms with Gasteiger partial charge in [-0.25, -0.2) is 0 Å². The Morgan fingerprint density at radius 2 is 2.33 bits per heavy atom. The first-order valence-electron chi connectivity index (χ1n) is 5.49. The Morgan fingerprint density at radius 3 is 2.87 bits per heavy atom. The van der Waals surface area contributed by atoms with E-state index in [1.165, 1.54) is 11.3 Å². The van der Waals surface area contributed by atoms with Crippen molar-refractivity contribution in [2.45, 2.75) is 33.2 Å². The van der Waals surface area contributed by atoms with E-state index in [4.69, 9.17) is 0 Å². The van der Waals surface area contributed by atoms with Crippen LogP contribution in [0, 0.1) is 6.92 Å². The van der Waals surface area contributed by atoms with Crippen LogP contribution in [0.15, 0.2) is 18.3 Å². The van der Waals surface area contributed by atoms with Crippen molar-refractivity contribution >= 4 is 0 Å². The molecular formula is C12H21N3. The molecule has 1 N–H and O–H groups in total. The molecule has 1 rings (SSSR count). The number of hydrogen-bond acceptors (Lipinski definition) is 2. The summed E-state index contributed by atoms with van der Waals surface area (Å²) in [5, 5.41) is 7.73. The third-order valence-electron chi connectivity index (χ3n) is 2.74. The lowest BCUT2D eigenvalue weighted by Crippen LogP contribution is -2.19. The predicted octanol–water partition coefficient (Wildman–Crippen LogP) is 2.35. The van der Waals surface area contributed by atoms with Crippen molar-refractivity contribution in [2.75, 3.05) is 6.54 Å². The van der Waals surface area contributed by atoms with E-state index < -0.39 is 0 Å². The molecule has 0 saturated carbocycles. The fourth-order valence-corrected chi connectivity index (χ4v) is 1.60. The maximum Gasteiger partial charge on any atom is 0.0540 e. The van der Waals surface area contributed by atoms with Gasteiger partial charge in [-0.1, -0.05) is 12.2 Å². The van der Waals surface area contributed by atoms with E-state index in [1.807, 2.05) is 17.9 Å². The van der Waals surface area contributed by atoms with Gasteiger partial charge in [-0.05, 0) is 33.7 Å². The largest absolute Gasteiger partial charge is 0.310 e. The van der Waals surface area contributed by atoms with Crippen molar-refractivity contribution < 1.29 is 0 Å². The number of allylic oxidation sites excluding steroid dienone is 1. The van der Waals surface area contributed by atoms with Crippen LogP contribution in [0.5, 0.6) is 0 Å². The zero-order valence-corrected chi connectivity index (χ0v) is 10.1. The van der Waals surface area contributed by atoms with E-state index in [2.05, 4.69) is 43.3 Å². The van der Waals surface area contributed by atoms with Crippen LogP contribution < -0.4 is 5.32 Å². The van der Waals surface area contributed by atoms with Crippen LogP contribution in [0.25, 0.3) is 0 Å². The second-order valence-electron chi connectivity index (χ2n) is 3.84. The molecule has 0 aromatic carbocycles. The van der Waals surface area contributed by atoms with Gasteiger partial charge in [0, 0.05) is 24.3 Å². The van der Waals surface area contributed by atoms with Gasteiger partial charge in [0.05, 0.1) is 6.20 Å². The summed E-state index contributed by atoms with van der Waals surface area (Å²) < 4.78 is 1.92. The molecule has 0 aliphatic carbocycles. The monoisotopic (exact) mass is 207 g/mol. The highest BCUT2D eigenvalue weighted by Gasteiger charge is 2.10. The first-order valence-corrected chi connectivity index (χ1v) is 5.49. The highest BCUT2D eigenvalue weighted by atomic mass is 15.3. The molecule has 1 aromatic heterocycles. The average molecular weight is 207 g/mol. The number of nitrogens with zero attached hydrogens (tertiary/aromatic N) is 2. The molecule has 84 valence electrons. The Bertz CT molecular complexity index is 326. The molecule has 3 nitrogen and oxygen atoms in total.